The second-order valence-corrected chi connectivity index (χ2v) is 4.14. The Morgan fingerprint density at radius 1 is 0.875 bits per heavy atom. The third-order valence-electron chi connectivity index (χ3n) is 3.18. The summed E-state index contributed by atoms with van der Waals surface area (Å²) in [6.45, 7) is 4.09. The summed E-state index contributed by atoms with van der Waals surface area (Å²) < 4.78 is 2.19. The first kappa shape index (κ1) is 9.33. The molecule has 0 atom stereocenters. The monoisotopic (exact) mass is 211 g/mol. The fraction of sp³-hybridized carbons (Fsp3) is 0.231. The van der Waals surface area contributed by atoms with Crippen molar-refractivity contribution in [2.45, 2.75) is 13.8 Å². The predicted molar refractivity (Wildman–Crippen MR) is 65.5 cm³/mol. The first-order valence-electron chi connectivity index (χ1n) is 5.35. The molecule has 0 amide bonds. The number of aryl methyl sites for hydroxylation is 3. The van der Waals surface area contributed by atoms with Crippen molar-refractivity contribution in [2.24, 2.45) is 7.05 Å². The van der Waals surface area contributed by atoms with Crippen molar-refractivity contribution in [1.82, 2.24) is 14.5 Å². The lowest BCUT2D eigenvalue weighted by Gasteiger charge is -2.01. The molecule has 3 nitrogen and oxygen atoms in total. The van der Waals surface area contributed by atoms with E-state index < -0.39 is 0 Å². The van der Waals surface area contributed by atoms with Gasteiger partial charge >= 0.3 is 0 Å². The Morgan fingerprint density at radius 3 is 1.75 bits per heavy atom. The van der Waals surface area contributed by atoms with Crippen molar-refractivity contribution in [3.63, 3.8) is 0 Å². The zero-order valence-electron chi connectivity index (χ0n) is 9.65. The third kappa shape index (κ3) is 1.03. The summed E-state index contributed by atoms with van der Waals surface area (Å²) in [7, 11) is 2.08. The summed E-state index contributed by atoms with van der Waals surface area (Å²) in [5.74, 6) is 0. The van der Waals surface area contributed by atoms with Crippen LogP contribution in [0.15, 0.2) is 24.5 Å². The van der Waals surface area contributed by atoms with Gasteiger partial charge in [0.25, 0.3) is 0 Å². The molecule has 0 saturated heterocycles. The molecule has 0 spiro atoms. The van der Waals surface area contributed by atoms with Crippen LogP contribution < -0.4 is 0 Å². The lowest BCUT2D eigenvalue weighted by Crippen LogP contribution is -1.93. The Bertz CT molecular complexity index is 636. The summed E-state index contributed by atoms with van der Waals surface area (Å²) >= 11 is 0. The summed E-state index contributed by atoms with van der Waals surface area (Å²) in [6, 6.07) is 4.15. The maximum absolute atomic E-state index is 4.35. The summed E-state index contributed by atoms with van der Waals surface area (Å²) in [5.41, 5.74) is 4.54. The number of nitrogens with zero attached hydrogens (tertiary/aromatic N) is 3. The lowest BCUT2D eigenvalue weighted by molar-refractivity contribution is 0.983. The van der Waals surface area contributed by atoms with Crippen molar-refractivity contribution in [1.29, 1.82) is 0 Å². The van der Waals surface area contributed by atoms with Crippen molar-refractivity contribution >= 4 is 21.8 Å². The molecule has 3 heteroatoms. The van der Waals surface area contributed by atoms with Gasteiger partial charge in [-0.1, -0.05) is 0 Å². The molecule has 0 saturated carbocycles. The van der Waals surface area contributed by atoms with Crippen LogP contribution in [0.2, 0.25) is 0 Å². The van der Waals surface area contributed by atoms with Crippen molar-refractivity contribution in [3.8, 4) is 0 Å². The third-order valence-corrected chi connectivity index (χ3v) is 3.18. The van der Waals surface area contributed by atoms with Crippen LogP contribution in [0.3, 0.4) is 0 Å². The molecule has 3 rings (SSSR count). The van der Waals surface area contributed by atoms with E-state index >= 15 is 0 Å². The molecule has 0 bridgehead atoms. The van der Waals surface area contributed by atoms with E-state index in [1.54, 1.807) is 0 Å². The second kappa shape index (κ2) is 3.04. The average Bonchev–Trinajstić information content (AvgIpc) is 2.56. The van der Waals surface area contributed by atoms with Crippen molar-refractivity contribution in [2.75, 3.05) is 0 Å². The number of rotatable bonds is 0. The van der Waals surface area contributed by atoms with E-state index in [0.29, 0.717) is 0 Å². The molecule has 16 heavy (non-hydrogen) atoms. The summed E-state index contributed by atoms with van der Waals surface area (Å²) in [5, 5.41) is 2.52. The van der Waals surface area contributed by atoms with E-state index in [1.165, 1.54) is 21.8 Å². The van der Waals surface area contributed by atoms with Gasteiger partial charge in [-0.05, 0) is 26.0 Å². The minimum atomic E-state index is 1.07. The van der Waals surface area contributed by atoms with Crippen molar-refractivity contribution in [3.05, 3.63) is 35.9 Å². The highest BCUT2D eigenvalue weighted by Gasteiger charge is 2.11. The van der Waals surface area contributed by atoms with Crippen LogP contribution >= 0.6 is 0 Å². The van der Waals surface area contributed by atoms with E-state index in [1.807, 2.05) is 26.2 Å². The number of hydrogen-bond donors (Lipinski definition) is 0. The molecule has 0 aliphatic heterocycles. The lowest BCUT2D eigenvalue weighted by atomic mass is 10.2. The first-order chi connectivity index (χ1) is 7.70. The van der Waals surface area contributed by atoms with E-state index in [2.05, 4.69) is 33.7 Å². The fourth-order valence-electron chi connectivity index (χ4n) is 2.51. The van der Waals surface area contributed by atoms with Gasteiger partial charge in [0.2, 0.25) is 0 Å². The van der Waals surface area contributed by atoms with Crippen LogP contribution in [0.25, 0.3) is 21.8 Å². The van der Waals surface area contributed by atoms with Gasteiger partial charge in [-0.25, -0.2) is 0 Å². The van der Waals surface area contributed by atoms with Crippen LogP contribution in [0.5, 0.6) is 0 Å². The van der Waals surface area contributed by atoms with Gasteiger partial charge < -0.3 is 4.57 Å². The molecule has 3 heterocycles. The molecule has 0 aliphatic rings. The Hall–Kier alpha value is -1.90. The van der Waals surface area contributed by atoms with Crippen molar-refractivity contribution < 1.29 is 0 Å². The zero-order chi connectivity index (χ0) is 11.3. The molecule has 0 fully saturated rings. The van der Waals surface area contributed by atoms with Gasteiger partial charge in [-0.2, -0.15) is 0 Å². The highest BCUT2D eigenvalue weighted by Crippen LogP contribution is 2.29. The molecule has 3 aromatic rings. The number of aromatic nitrogens is 3. The van der Waals surface area contributed by atoms with Gasteiger partial charge in [0, 0.05) is 30.2 Å². The number of hydrogen-bond acceptors (Lipinski definition) is 2. The van der Waals surface area contributed by atoms with Crippen LogP contribution in [0, 0.1) is 13.8 Å². The molecule has 0 radical (unpaired) electrons. The maximum Gasteiger partial charge on any atom is 0.0705 e. The van der Waals surface area contributed by atoms with Crippen LogP contribution in [0.4, 0.5) is 0 Å². The Labute approximate surface area is 93.7 Å². The van der Waals surface area contributed by atoms with E-state index in [4.69, 9.17) is 0 Å². The normalized spacial score (nSPS) is 11.4. The molecular weight excluding hydrogens is 198 g/mol. The smallest absolute Gasteiger partial charge is 0.0705 e. The highest BCUT2D eigenvalue weighted by molar-refractivity contribution is 6.09. The summed E-state index contributed by atoms with van der Waals surface area (Å²) in [4.78, 5) is 8.70. The molecule has 0 unspecified atom stereocenters. The summed E-state index contributed by atoms with van der Waals surface area (Å²) in [6.07, 6.45) is 3.74. The van der Waals surface area contributed by atoms with Gasteiger partial charge in [-0.15, -0.1) is 0 Å². The topological polar surface area (TPSA) is 30.7 Å². The standard InChI is InChI=1S/C13H13N3/c1-8-12-10(4-6-14-8)11-5-7-15-9(2)13(11)16(12)3/h4-7H,1-3H3. The van der Waals surface area contributed by atoms with Crippen LogP contribution in [-0.2, 0) is 7.05 Å². The molecule has 0 N–H and O–H groups in total. The van der Waals surface area contributed by atoms with E-state index in [-0.39, 0.29) is 0 Å². The minimum absolute atomic E-state index is 1.07. The first-order valence-corrected chi connectivity index (χ1v) is 5.35. The largest absolute Gasteiger partial charge is 0.341 e. The average molecular weight is 211 g/mol. The number of fused-ring (bicyclic) bond motifs is 3. The zero-order valence-corrected chi connectivity index (χ0v) is 9.65. The van der Waals surface area contributed by atoms with E-state index in [0.717, 1.165) is 11.4 Å². The second-order valence-electron chi connectivity index (χ2n) is 4.14. The molecule has 0 aromatic carbocycles. The van der Waals surface area contributed by atoms with Crippen LogP contribution in [-0.4, -0.2) is 14.5 Å². The molecule has 80 valence electrons. The Kier molecular flexibility index (Phi) is 1.78. The SMILES string of the molecule is Cc1nccc2c3ccnc(C)c3n(C)c12. The molecule has 0 aliphatic carbocycles. The van der Waals surface area contributed by atoms with E-state index in [9.17, 15) is 0 Å². The molecule has 3 aromatic heterocycles. The van der Waals surface area contributed by atoms with Gasteiger partial charge in [-0.3, -0.25) is 9.97 Å². The van der Waals surface area contributed by atoms with Gasteiger partial charge in [0.05, 0.1) is 22.4 Å². The number of pyridine rings is 2. The Morgan fingerprint density at radius 2 is 1.31 bits per heavy atom. The Balaban J connectivity index is 2.70. The van der Waals surface area contributed by atoms with Gasteiger partial charge in [0.1, 0.15) is 0 Å². The van der Waals surface area contributed by atoms with Gasteiger partial charge in [0.15, 0.2) is 0 Å². The van der Waals surface area contributed by atoms with Crippen LogP contribution in [0.1, 0.15) is 11.4 Å². The minimum Gasteiger partial charge on any atom is -0.341 e. The predicted octanol–water partition coefficient (Wildman–Crippen LogP) is 2.74. The fourth-order valence-corrected chi connectivity index (χ4v) is 2.51. The highest BCUT2D eigenvalue weighted by atomic mass is 15.0. The quantitative estimate of drug-likeness (QED) is 0.572. The molecular formula is C13H13N3. The maximum atomic E-state index is 4.35.